The summed E-state index contributed by atoms with van der Waals surface area (Å²) in [7, 11) is 2.59. The van der Waals surface area contributed by atoms with E-state index in [-0.39, 0.29) is 29.1 Å². The third-order valence-corrected chi connectivity index (χ3v) is 7.87. The zero-order chi connectivity index (χ0) is 30.1. The van der Waals surface area contributed by atoms with Crippen molar-refractivity contribution in [3.8, 4) is 5.75 Å². The van der Waals surface area contributed by atoms with Crippen molar-refractivity contribution < 1.29 is 45.8 Å². The van der Waals surface area contributed by atoms with E-state index in [1.54, 1.807) is 7.11 Å². The van der Waals surface area contributed by atoms with Gasteiger partial charge in [0.25, 0.3) is 11.8 Å². The van der Waals surface area contributed by atoms with Gasteiger partial charge in [0.05, 0.1) is 19.3 Å². The van der Waals surface area contributed by atoms with Crippen LogP contribution in [0.2, 0.25) is 0 Å². The zero-order valence-corrected chi connectivity index (χ0v) is 22.8. The predicted molar refractivity (Wildman–Crippen MR) is 137 cm³/mol. The second kappa shape index (κ2) is 11.9. The number of anilines is 1. The third kappa shape index (κ3) is 5.86. The standard InChI is InChI=1S/C27H31F5N4O5/c1-13-20(15-5-6-16(28)21(29)22(15)40-4)23(41-26(13,2)27(30,31)32)25(38)35-14-7-10-34-17(11-14)24(37)36-18-12-33-9-8-19(18)39-3/h5-7,10-11,13,18-20,23,33H,8-9,12H2,1-4H3,(H,36,37)(H,34,35,38)/t13-,18-,19+,20-,23+,26+/m0/s1. The van der Waals surface area contributed by atoms with Gasteiger partial charge in [0.1, 0.15) is 11.8 Å². The van der Waals surface area contributed by atoms with Crippen molar-refractivity contribution in [1.29, 1.82) is 0 Å². The summed E-state index contributed by atoms with van der Waals surface area (Å²) < 4.78 is 86.8. The Morgan fingerprint density at radius 3 is 2.59 bits per heavy atom. The monoisotopic (exact) mass is 586 g/mol. The fraction of sp³-hybridized carbons (Fsp3) is 0.519. The fourth-order valence-corrected chi connectivity index (χ4v) is 5.39. The van der Waals surface area contributed by atoms with Gasteiger partial charge >= 0.3 is 6.18 Å². The topological polar surface area (TPSA) is 111 Å². The van der Waals surface area contributed by atoms with Crippen LogP contribution in [0.5, 0.6) is 5.75 Å². The van der Waals surface area contributed by atoms with Crippen molar-refractivity contribution in [3.63, 3.8) is 0 Å². The first kappa shape index (κ1) is 30.6. The van der Waals surface area contributed by atoms with Gasteiger partial charge in [0.15, 0.2) is 17.2 Å². The van der Waals surface area contributed by atoms with Gasteiger partial charge < -0.3 is 30.2 Å². The third-order valence-electron chi connectivity index (χ3n) is 7.87. The summed E-state index contributed by atoms with van der Waals surface area (Å²) in [4.78, 5) is 30.3. The highest BCUT2D eigenvalue weighted by Gasteiger charge is 2.66. The van der Waals surface area contributed by atoms with E-state index >= 15 is 0 Å². The number of carbonyl (C=O) groups is 2. The molecule has 2 aliphatic rings. The molecule has 2 aliphatic heterocycles. The molecule has 2 aromatic rings. The molecule has 14 heteroatoms. The molecule has 224 valence electrons. The maximum absolute atomic E-state index is 14.6. The average Bonchev–Trinajstić information content (AvgIpc) is 3.22. The van der Waals surface area contributed by atoms with Crippen LogP contribution >= 0.6 is 0 Å². The molecule has 6 atom stereocenters. The maximum atomic E-state index is 14.6. The van der Waals surface area contributed by atoms with Gasteiger partial charge in [0.2, 0.25) is 5.82 Å². The molecule has 41 heavy (non-hydrogen) atoms. The largest absolute Gasteiger partial charge is 0.493 e. The van der Waals surface area contributed by atoms with Crippen molar-refractivity contribution in [2.75, 3.05) is 32.6 Å². The Morgan fingerprint density at radius 2 is 1.93 bits per heavy atom. The van der Waals surface area contributed by atoms with Crippen LogP contribution in [0.4, 0.5) is 27.6 Å². The molecule has 2 fully saturated rings. The van der Waals surface area contributed by atoms with Crippen LogP contribution in [0, 0.1) is 17.6 Å². The fourth-order valence-electron chi connectivity index (χ4n) is 5.39. The molecule has 2 amide bonds. The Bertz CT molecular complexity index is 1300. The van der Waals surface area contributed by atoms with Gasteiger partial charge in [-0.05, 0) is 38.1 Å². The van der Waals surface area contributed by atoms with E-state index < -0.39 is 58.9 Å². The van der Waals surface area contributed by atoms with Gasteiger partial charge in [-0.25, -0.2) is 4.39 Å². The first-order chi connectivity index (χ1) is 19.3. The van der Waals surface area contributed by atoms with E-state index in [0.717, 1.165) is 32.7 Å². The van der Waals surface area contributed by atoms with Crippen molar-refractivity contribution in [1.82, 2.24) is 15.6 Å². The molecule has 1 aromatic carbocycles. The lowest BCUT2D eigenvalue weighted by molar-refractivity contribution is -0.272. The summed E-state index contributed by atoms with van der Waals surface area (Å²) in [5.41, 5.74) is -2.95. The number of pyridine rings is 1. The van der Waals surface area contributed by atoms with E-state index in [1.165, 1.54) is 25.3 Å². The van der Waals surface area contributed by atoms with E-state index in [9.17, 15) is 31.5 Å². The molecular formula is C27H31F5N4O5. The second-order valence-corrected chi connectivity index (χ2v) is 10.2. The second-order valence-electron chi connectivity index (χ2n) is 10.2. The SMILES string of the molecule is COc1c([C@H]2[C@H](C(=O)Nc3ccnc(C(=O)N[C@H]4CNCC[C@H]4OC)c3)O[C@@](C)(C(F)(F)F)[C@H]2C)ccc(F)c1F. The Morgan fingerprint density at radius 1 is 1.20 bits per heavy atom. The molecule has 0 unspecified atom stereocenters. The molecule has 3 N–H and O–H groups in total. The summed E-state index contributed by atoms with van der Waals surface area (Å²) in [6.07, 6.45) is -4.95. The summed E-state index contributed by atoms with van der Waals surface area (Å²) in [6, 6.07) is 4.11. The number of benzene rings is 1. The lowest BCUT2D eigenvalue weighted by Crippen LogP contribution is -2.54. The number of amides is 2. The Kier molecular flexibility index (Phi) is 8.85. The van der Waals surface area contributed by atoms with E-state index in [2.05, 4.69) is 20.9 Å². The molecule has 9 nitrogen and oxygen atoms in total. The summed E-state index contributed by atoms with van der Waals surface area (Å²) >= 11 is 0. The normalized spacial score (nSPS) is 28.3. The molecule has 0 saturated carbocycles. The van der Waals surface area contributed by atoms with Crippen LogP contribution in [0.1, 0.15) is 42.2 Å². The molecular weight excluding hydrogens is 555 g/mol. The minimum Gasteiger partial charge on any atom is -0.493 e. The van der Waals surface area contributed by atoms with Crippen molar-refractivity contribution in [3.05, 3.63) is 53.4 Å². The Balaban J connectivity index is 1.61. The number of carbonyl (C=O) groups excluding carboxylic acids is 2. The van der Waals surface area contributed by atoms with Gasteiger partial charge in [-0.1, -0.05) is 13.0 Å². The van der Waals surface area contributed by atoms with Crippen molar-refractivity contribution in [2.24, 2.45) is 5.92 Å². The number of ether oxygens (including phenoxy) is 3. The number of nitrogens with zero attached hydrogens (tertiary/aromatic N) is 1. The zero-order valence-electron chi connectivity index (χ0n) is 22.8. The van der Waals surface area contributed by atoms with E-state index in [0.29, 0.717) is 13.0 Å². The number of hydrogen-bond acceptors (Lipinski definition) is 7. The number of rotatable bonds is 7. The maximum Gasteiger partial charge on any atom is 0.417 e. The number of methoxy groups -OCH3 is 2. The van der Waals surface area contributed by atoms with Crippen LogP contribution in [0.25, 0.3) is 0 Å². The quantitative estimate of drug-likeness (QED) is 0.426. The lowest BCUT2D eigenvalue weighted by atomic mass is 9.77. The van der Waals surface area contributed by atoms with Crippen LogP contribution in [0.3, 0.4) is 0 Å². The van der Waals surface area contributed by atoms with E-state index in [4.69, 9.17) is 14.2 Å². The molecule has 2 saturated heterocycles. The van der Waals surface area contributed by atoms with Crippen molar-refractivity contribution >= 4 is 17.5 Å². The Labute approximate surface area is 233 Å². The Hall–Kier alpha value is -3.36. The van der Waals surface area contributed by atoms with Crippen LogP contribution in [0.15, 0.2) is 30.5 Å². The highest BCUT2D eigenvalue weighted by atomic mass is 19.4. The molecule has 0 spiro atoms. The average molecular weight is 587 g/mol. The van der Waals surface area contributed by atoms with Gasteiger partial charge in [0, 0.05) is 42.9 Å². The lowest BCUT2D eigenvalue weighted by Gasteiger charge is -2.32. The number of nitrogens with one attached hydrogen (secondary N) is 3. The van der Waals surface area contributed by atoms with Crippen LogP contribution in [-0.2, 0) is 14.3 Å². The molecule has 0 aliphatic carbocycles. The van der Waals surface area contributed by atoms with Crippen LogP contribution < -0.4 is 20.7 Å². The summed E-state index contributed by atoms with van der Waals surface area (Å²) in [5, 5.41) is 8.46. The molecule has 3 heterocycles. The van der Waals surface area contributed by atoms with E-state index in [1.807, 2.05) is 0 Å². The number of piperidine rings is 1. The summed E-state index contributed by atoms with van der Waals surface area (Å²) in [5.74, 6) is -7.60. The minimum absolute atomic E-state index is 0.0529. The van der Waals surface area contributed by atoms with Gasteiger partial charge in [-0.15, -0.1) is 0 Å². The first-order valence-corrected chi connectivity index (χ1v) is 12.9. The summed E-state index contributed by atoms with van der Waals surface area (Å²) in [6.45, 7) is 3.23. The highest BCUT2D eigenvalue weighted by molar-refractivity contribution is 5.98. The number of aromatic nitrogens is 1. The minimum atomic E-state index is -4.90. The highest BCUT2D eigenvalue weighted by Crippen LogP contribution is 2.55. The smallest absolute Gasteiger partial charge is 0.417 e. The molecule has 4 rings (SSSR count). The molecule has 1 aromatic heterocycles. The molecule has 0 bridgehead atoms. The number of hydrogen-bond donors (Lipinski definition) is 3. The molecule has 0 radical (unpaired) electrons. The van der Waals surface area contributed by atoms with Gasteiger partial charge in [-0.3, -0.25) is 14.6 Å². The number of alkyl halides is 3. The predicted octanol–water partition coefficient (Wildman–Crippen LogP) is 3.55. The first-order valence-electron chi connectivity index (χ1n) is 12.9. The van der Waals surface area contributed by atoms with Crippen molar-refractivity contribution in [2.45, 2.75) is 56.2 Å². The van der Waals surface area contributed by atoms with Gasteiger partial charge in [-0.2, -0.15) is 17.6 Å². The van der Waals surface area contributed by atoms with Crippen LogP contribution in [-0.4, -0.2) is 74.1 Å². The number of halogens is 5.